The van der Waals surface area contributed by atoms with Crippen molar-refractivity contribution < 1.29 is 4.42 Å². The van der Waals surface area contributed by atoms with E-state index in [0.29, 0.717) is 11.6 Å². The lowest BCUT2D eigenvalue weighted by molar-refractivity contribution is 0.590. The van der Waals surface area contributed by atoms with Gasteiger partial charge >= 0.3 is 0 Å². The van der Waals surface area contributed by atoms with Crippen LogP contribution in [-0.4, -0.2) is 15.0 Å². The van der Waals surface area contributed by atoms with E-state index >= 15 is 0 Å². The van der Waals surface area contributed by atoms with Gasteiger partial charge in [0.2, 0.25) is 5.71 Å². The van der Waals surface area contributed by atoms with Crippen LogP contribution in [0.1, 0.15) is 63.2 Å². The van der Waals surface area contributed by atoms with E-state index in [1.165, 1.54) is 21.9 Å². The lowest BCUT2D eigenvalue weighted by atomic mass is 9.84. The number of nitrogens with zero attached hydrogens (tertiary/aromatic N) is 3. The Morgan fingerprint density at radius 1 is 0.806 bits per heavy atom. The van der Waals surface area contributed by atoms with Gasteiger partial charge in [-0.3, -0.25) is 0 Å². The molecule has 3 heterocycles. The number of benzene rings is 3. The molecule has 0 bridgehead atoms. The van der Waals surface area contributed by atoms with E-state index < -0.39 is 0 Å². The van der Waals surface area contributed by atoms with Gasteiger partial charge in [-0.2, -0.15) is 0 Å². The number of aromatic nitrogens is 3. The highest BCUT2D eigenvalue weighted by Gasteiger charge is 2.20. The van der Waals surface area contributed by atoms with Crippen LogP contribution in [0.5, 0.6) is 0 Å². The molecule has 0 aliphatic heterocycles. The smallest absolute Gasteiger partial charge is 0.227 e. The first-order valence-electron chi connectivity index (χ1n) is 12.7. The quantitative estimate of drug-likeness (QED) is 0.236. The summed E-state index contributed by atoms with van der Waals surface area (Å²) in [5, 5.41) is 5.52. The summed E-state index contributed by atoms with van der Waals surface area (Å²) in [7, 11) is 0. The topological polar surface area (TPSA) is 51.8 Å². The predicted octanol–water partition coefficient (Wildman–Crippen LogP) is 8.78. The van der Waals surface area contributed by atoms with E-state index in [9.17, 15) is 0 Å². The van der Waals surface area contributed by atoms with Crippen LogP contribution in [0.3, 0.4) is 0 Å². The lowest BCUT2D eigenvalue weighted by Crippen LogP contribution is -2.11. The fraction of sp³-hybridized carbons (Fsp3) is 0.281. The Balaban J connectivity index is 1.66. The Bertz CT molecular complexity index is 1820. The third-order valence-corrected chi connectivity index (χ3v) is 7.19. The summed E-state index contributed by atoms with van der Waals surface area (Å²) in [6, 6.07) is 19.5. The van der Waals surface area contributed by atoms with E-state index in [1.54, 1.807) is 0 Å². The molecule has 0 amide bonds. The van der Waals surface area contributed by atoms with Crippen LogP contribution in [0, 0.1) is 13.8 Å². The highest BCUT2D eigenvalue weighted by atomic mass is 16.3. The van der Waals surface area contributed by atoms with Crippen LogP contribution in [0.15, 0.2) is 59.0 Å². The summed E-state index contributed by atoms with van der Waals surface area (Å²) in [5.41, 5.74) is 8.03. The summed E-state index contributed by atoms with van der Waals surface area (Å²) in [4.78, 5) is 14.7. The Kier molecular flexibility index (Phi) is 4.95. The third kappa shape index (κ3) is 3.47. The number of furan rings is 1. The predicted molar refractivity (Wildman–Crippen MR) is 150 cm³/mol. The number of rotatable bonds is 2. The molecule has 0 N–H and O–H groups in total. The molecule has 0 radical (unpaired) electrons. The SMILES string of the molecule is Cc1nc(-c2cccc3c2oc2nc(C(C)C)ccc23)c2ccc3cc(C(C)(C)C)cc(C)c3c2n1. The van der Waals surface area contributed by atoms with Gasteiger partial charge in [-0.05, 0) is 66.0 Å². The van der Waals surface area contributed by atoms with Gasteiger partial charge in [0.05, 0.1) is 11.2 Å². The molecule has 0 aliphatic rings. The van der Waals surface area contributed by atoms with Crippen molar-refractivity contribution in [2.75, 3.05) is 0 Å². The van der Waals surface area contributed by atoms with Crippen molar-refractivity contribution in [3.05, 3.63) is 77.2 Å². The van der Waals surface area contributed by atoms with E-state index in [4.69, 9.17) is 19.4 Å². The Morgan fingerprint density at radius 3 is 2.33 bits per heavy atom. The normalized spacial score (nSPS) is 12.6. The van der Waals surface area contributed by atoms with Gasteiger partial charge in [-0.15, -0.1) is 0 Å². The van der Waals surface area contributed by atoms with Crippen molar-refractivity contribution in [1.29, 1.82) is 0 Å². The standard InChI is InChI=1S/C32H31N3O/c1-17(2)26-14-13-23-22-9-8-10-25(30(22)36-31(23)35-26)28-24-12-11-20-16-21(32(5,6)7)15-18(3)27(20)29(24)34-19(4)33-28/h8-17H,1-7H3. The summed E-state index contributed by atoms with van der Waals surface area (Å²) in [6.45, 7) is 15.2. The molecule has 0 aliphatic carbocycles. The lowest BCUT2D eigenvalue weighted by Gasteiger charge is -2.21. The maximum atomic E-state index is 6.41. The fourth-order valence-corrected chi connectivity index (χ4v) is 5.21. The zero-order chi connectivity index (χ0) is 25.4. The second kappa shape index (κ2) is 7.86. The van der Waals surface area contributed by atoms with E-state index in [0.717, 1.165) is 50.0 Å². The first kappa shape index (κ1) is 22.7. The minimum atomic E-state index is 0.0844. The number of hydrogen-bond acceptors (Lipinski definition) is 4. The van der Waals surface area contributed by atoms with E-state index in [-0.39, 0.29) is 5.41 Å². The minimum absolute atomic E-state index is 0.0844. The van der Waals surface area contributed by atoms with Gasteiger partial charge < -0.3 is 4.42 Å². The van der Waals surface area contributed by atoms with Crippen molar-refractivity contribution in [2.45, 2.75) is 59.8 Å². The average molecular weight is 474 g/mol. The summed E-state index contributed by atoms with van der Waals surface area (Å²) >= 11 is 0. The Morgan fingerprint density at radius 2 is 1.58 bits per heavy atom. The maximum absolute atomic E-state index is 6.41. The van der Waals surface area contributed by atoms with Crippen molar-refractivity contribution in [1.82, 2.24) is 15.0 Å². The second-order valence-corrected chi connectivity index (χ2v) is 11.3. The Labute approximate surface area is 211 Å². The number of hydrogen-bond donors (Lipinski definition) is 0. The molecule has 0 saturated heterocycles. The van der Waals surface area contributed by atoms with Crippen LogP contribution >= 0.6 is 0 Å². The average Bonchev–Trinajstić information content (AvgIpc) is 3.20. The zero-order valence-electron chi connectivity index (χ0n) is 22.0. The van der Waals surface area contributed by atoms with Crippen molar-refractivity contribution >= 4 is 43.7 Å². The summed E-state index contributed by atoms with van der Waals surface area (Å²) in [6.07, 6.45) is 0. The number of fused-ring (bicyclic) bond motifs is 6. The molecule has 36 heavy (non-hydrogen) atoms. The first-order chi connectivity index (χ1) is 17.1. The van der Waals surface area contributed by atoms with Crippen LogP contribution < -0.4 is 0 Å². The van der Waals surface area contributed by atoms with Gasteiger partial charge in [-0.1, -0.05) is 65.0 Å². The van der Waals surface area contributed by atoms with Crippen LogP contribution in [0.4, 0.5) is 0 Å². The number of para-hydroxylation sites is 1. The molecule has 180 valence electrons. The highest BCUT2D eigenvalue weighted by molar-refractivity contribution is 6.14. The maximum Gasteiger partial charge on any atom is 0.227 e. The van der Waals surface area contributed by atoms with Crippen LogP contribution in [0.25, 0.3) is 55.0 Å². The monoisotopic (exact) mass is 473 g/mol. The molecule has 0 saturated carbocycles. The number of aryl methyl sites for hydroxylation is 2. The third-order valence-electron chi connectivity index (χ3n) is 7.19. The van der Waals surface area contributed by atoms with E-state index in [2.05, 4.69) is 96.1 Å². The fourth-order valence-electron chi connectivity index (χ4n) is 5.21. The molecule has 6 rings (SSSR count). The van der Waals surface area contributed by atoms with Crippen molar-refractivity contribution in [3.63, 3.8) is 0 Å². The molecule has 3 aromatic carbocycles. The van der Waals surface area contributed by atoms with Crippen LogP contribution in [-0.2, 0) is 5.41 Å². The van der Waals surface area contributed by atoms with Gasteiger partial charge in [0, 0.05) is 32.8 Å². The Hall–Kier alpha value is -3.79. The largest absolute Gasteiger partial charge is 0.437 e. The summed E-state index contributed by atoms with van der Waals surface area (Å²) in [5.74, 6) is 1.09. The van der Waals surface area contributed by atoms with Gasteiger partial charge in [-0.25, -0.2) is 15.0 Å². The first-order valence-corrected chi connectivity index (χ1v) is 12.7. The van der Waals surface area contributed by atoms with Gasteiger partial charge in [0.25, 0.3) is 0 Å². The molecule has 4 heteroatoms. The molecule has 3 aromatic heterocycles. The zero-order valence-corrected chi connectivity index (χ0v) is 22.0. The molecule has 0 unspecified atom stereocenters. The minimum Gasteiger partial charge on any atom is -0.437 e. The van der Waals surface area contributed by atoms with Crippen LogP contribution in [0.2, 0.25) is 0 Å². The van der Waals surface area contributed by atoms with Crippen molar-refractivity contribution in [3.8, 4) is 11.3 Å². The van der Waals surface area contributed by atoms with E-state index in [1.807, 2.05) is 6.92 Å². The summed E-state index contributed by atoms with van der Waals surface area (Å²) < 4.78 is 6.41. The molecular formula is C32H31N3O. The van der Waals surface area contributed by atoms with Gasteiger partial charge in [0.1, 0.15) is 11.4 Å². The van der Waals surface area contributed by atoms with Crippen molar-refractivity contribution in [2.24, 2.45) is 0 Å². The number of pyridine rings is 1. The molecule has 0 fully saturated rings. The molecule has 4 nitrogen and oxygen atoms in total. The molecular weight excluding hydrogens is 442 g/mol. The molecule has 6 aromatic rings. The van der Waals surface area contributed by atoms with Gasteiger partial charge in [0.15, 0.2) is 0 Å². The highest BCUT2D eigenvalue weighted by Crippen LogP contribution is 2.39. The second-order valence-electron chi connectivity index (χ2n) is 11.3. The molecule has 0 spiro atoms. The molecule has 0 atom stereocenters.